The average molecular weight is 262 g/mol. The standard InChI is InChI=1S/C9H17F3O5/c1-15-8(16-2,9(10,11)12)3-4-17-6-7(14)5-13/h7,13-14H,3-6H2,1-2H3. The fourth-order valence-corrected chi connectivity index (χ4v) is 1.14. The van der Waals surface area contributed by atoms with E-state index in [2.05, 4.69) is 9.47 Å². The summed E-state index contributed by atoms with van der Waals surface area (Å²) in [5.74, 6) is -2.71. The first kappa shape index (κ1) is 16.6. The van der Waals surface area contributed by atoms with E-state index in [9.17, 15) is 13.2 Å². The summed E-state index contributed by atoms with van der Waals surface area (Å²) in [6.45, 7) is -1.09. The fourth-order valence-electron chi connectivity index (χ4n) is 1.14. The first-order chi connectivity index (χ1) is 7.83. The summed E-state index contributed by atoms with van der Waals surface area (Å²) in [5.41, 5.74) is 0. The number of hydrogen-bond acceptors (Lipinski definition) is 5. The molecule has 0 spiro atoms. The van der Waals surface area contributed by atoms with Crippen molar-refractivity contribution in [1.29, 1.82) is 0 Å². The Hall–Kier alpha value is -0.410. The summed E-state index contributed by atoms with van der Waals surface area (Å²) in [6, 6.07) is 0. The molecule has 0 aliphatic rings. The molecule has 1 atom stereocenters. The molecule has 0 rings (SSSR count). The second-order valence-corrected chi connectivity index (χ2v) is 3.32. The van der Waals surface area contributed by atoms with Crippen LogP contribution in [0.15, 0.2) is 0 Å². The molecule has 8 heteroatoms. The van der Waals surface area contributed by atoms with Crippen molar-refractivity contribution in [3.63, 3.8) is 0 Å². The van der Waals surface area contributed by atoms with E-state index in [4.69, 9.17) is 14.9 Å². The molecular formula is C9H17F3O5. The van der Waals surface area contributed by atoms with E-state index >= 15 is 0 Å². The predicted molar refractivity (Wildman–Crippen MR) is 51.3 cm³/mol. The molecular weight excluding hydrogens is 245 g/mol. The van der Waals surface area contributed by atoms with Crippen molar-refractivity contribution in [3.8, 4) is 0 Å². The number of aliphatic hydroxyl groups is 2. The minimum atomic E-state index is -4.69. The zero-order valence-electron chi connectivity index (χ0n) is 9.66. The van der Waals surface area contributed by atoms with Gasteiger partial charge in [-0.05, 0) is 0 Å². The van der Waals surface area contributed by atoms with Gasteiger partial charge in [-0.1, -0.05) is 0 Å². The van der Waals surface area contributed by atoms with Crippen LogP contribution in [0.3, 0.4) is 0 Å². The first-order valence-electron chi connectivity index (χ1n) is 4.86. The molecule has 2 N–H and O–H groups in total. The van der Waals surface area contributed by atoms with Crippen LogP contribution in [0.25, 0.3) is 0 Å². The van der Waals surface area contributed by atoms with E-state index in [-0.39, 0.29) is 13.2 Å². The van der Waals surface area contributed by atoms with Gasteiger partial charge in [0.15, 0.2) is 0 Å². The van der Waals surface area contributed by atoms with Crippen LogP contribution in [-0.2, 0) is 14.2 Å². The highest BCUT2D eigenvalue weighted by atomic mass is 19.4. The molecule has 0 heterocycles. The third-order valence-corrected chi connectivity index (χ3v) is 2.19. The molecule has 0 fully saturated rings. The van der Waals surface area contributed by atoms with Crippen molar-refractivity contribution >= 4 is 0 Å². The Labute approximate surface area is 97.1 Å². The van der Waals surface area contributed by atoms with Gasteiger partial charge in [0.2, 0.25) is 0 Å². The number of rotatable bonds is 8. The van der Waals surface area contributed by atoms with Gasteiger partial charge in [-0.15, -0.1) is 0 Å². The zero-order valence-corrected chi connectivity index (χ0v) is 9.66. The molecule has 0 radical (unpaired) electrons. The summed E-state index contributed by atoms with van der Waals surface area (Å²) >= 11 is 0. The molecule has 0 saturated heterocycles. The van der Waals surface area contributed by atoms with E-state index in [1.165, 1.54) is 0 Å². The molecule has 0 saturated carbocycles. The summed E-state index contributed by atoms with van der Waals surface area (Å²) in [4.78, 5) is 0. The molecule has 0 aromatic carbocycles. The number of halogens is 3. The molecule has 0 amide bonds. The lowest BCUT2D eigenvalue weighted by atomic mass is 10.2. The summed E-state index contributed by atoms with van der Waals surface area (Å²) < 4.78 is 51.4. The highest BCUT2D eigenvalue weighted by molar-refractivity contribution is 4.78. The maximum absolute atomic E-state index is 12.6. The minimum Gasteiger partial charge on any atom is -0.394 e. The van der Waals surface area contributed by atoms with Crippen LogP contribution in [0.1, 0.15) is 6.42 Å². The Bertz CT molecular complexity index is 205. The molecule has 17 heavy (non-hydrogen) atoms. The molecule has 0 aliphatic carbocycles. The Morgan fingerprint density at radius 3 is 2.06 bits per heavy atom. The van der Waals surface area contributed by atoms with Gasteiger partial charge in [0, 0.05) is 20.6 Å². The maximum atomic E-state index is 12.6. The largest absolute Gasteiger partial charge is 0.443 e. The molecule has 0 bridgehead atoms. The Morgan fingerprint density at radius 2 is 1.71 bits per heavy atom. The van der Waals surface area contributed by atoms with Crippen LogP contribution in [0.4, 0.5) is 13.2 Å². The summed E-state index contributed by atoms with van der Waals surface area (Å²) in [5, 5.41) is 17.4. The van der Waals surface area contributed by atoms with Crippen LogP contribution < -0.4 is 0 Å². The van der Waals surface area contributed by atoms with Gasteiger partial charge in [-0.25, -0.2) is 0 Å². The number of methoxy groups -OCH3 is 2. The quantitative estimate of drug-likeness (QED) is 0.486. The van der Waals surface area contributed by atoms with Gasteiger partial charge in [-0.3, -0.25) is 0 Å². The van der Waals surface area contributed by atoms with Crippen molar-refractivity contribution in [1.82, 2.24) is 0 Å². The SMILES string of the molecule is COC(CCOCC(O)CO)(OC)C(F)(F)F. The minimum absolute atomic E-state index is 0.252. The van der Waals surface area contributed by atoms with Crippen LogP contribution in [0.5, 0.6) is 0 Å². The van der Waals surface area contributed by atoms with Crippen LogP contribution in [0.2, 0.25) is 0 Å². The molecule has 0 aliphatic heterocycles. The van der Waals surface area contributed by atoms with Gasteiger partial charge >= 0.3 is 6.18 Å². The normalized spacial score (nSPS) is 15.0. The number of aliphatic hydroxyl groups excluding tert-OH is 2. The second kappa shape index (κ2) is 7.12. The predicted octanol–water partition coefficient (Wildman–Crippen LogP) is 0.298. The van der Waals surface area contributed by atoms with Gasteiger partial charge in [0.1, 0.15) is 6.10 Å². The smallest absolute Gasteiger partial charge is 0.394 e. The maximum Gasteiger partial charge on any atom is 0.443 e. The Kier molecular flexibility index (Phi) is 6.95. The number of hydrogen-bond donors (Lipinski definition) is 2. The lowest BCUT2D eigenvalue weighted by molar-refractivity contribution is -0.371. The first-order valence-corrected chi connectivity index (χ1v) is 4.86. The van der Waals surface area contributed by atoms with E-state index in [0.717, 1.165) is 14.2 Å². The van der Waals surface area contributed by atoms with E-state index in [1.807, 2.05) is 0 Å². The summed E-state index contributed by atoms with van der Waals surface area (Å²) in [6.07, 6.45) is -6.36. The molecule has 5 nitrogen and oxygen atoms in total. The van der Waals surface area contributed by atoms with Crippen LogP contribution in [0, 0.1) is 0 Å². The van der Waals surface area contributed by atoms with E-state index in [1.54, 1.807) is 0 Å². The zero-order chi connectivity index (χ0) is 13.5. The van der Waals surface area contributed by atoms with Crippen molar-refractivity contribution < 1.29 is 37.6 Å². The van der Waals surface area contributed by atoms with Crippen LogP contribution >= 0.6 is 0 Å². The third kappa shape index (κ3) is 4.76. The monoisotopic (exact) mass is 262 g/mol. The van der Waals surface area contributed by atoms with Crippen molar-refractivity contribution in [3.05, 3.63) is 0 Å². The third-order valence-electron chi connectivity index (χ3n) is 2.19. The molecule has 0 aromatic rings. The van der Waals surface area contributed by atoms with E-state index in [0.29, 0.717) is 0 Å². The number of alkyl halides is 3. The Balaban J connectivity index is 4.20. The van der Waals surface area contributed by atoms with Gasteiger partial charge in [0.25, 0.3) is 5.79 Å². The average Bonchev–Trinajstić information content (AvgIpc) is 2.27. The van der Waals surface area contributed by atoms with Crippen molar-refractivity contribution in [2.24, 2.45) is 0 Å². The lowest BCUT2D eigenvalue weighted by Gasteiger charge is -2.32. The number of ether oxygens (including phenoxy) is 3. The van der Waals surface area contributed by atoms with Crippen molar-refractivity contribution in [2.75, 3.05) is 34.0 Å². The van der Waals surface area contributed by atoms with Gasteiger partial charge in [0.05, 0.1) is 19.8 Å². The topological polar surface area (TPSA) is 68.2 Å². The molecule has 104 valence electrons. The van der Waals surface area contributed by atoms with Gasteiger partial charge in [-0.2, -0.15) is 13.2 Å². The fraction of sp³-hybridized carbons (Fsp3) is 1.00. The van der Waals surface area contributed by atoms with Gasteiger partial charge < -0.3 is 24.4 Å². The summed E-state index contributed by atoms with van der Waals surface area (Å²) in [7, 11) is 1.78. The highest BCUT2D eigenvalue weighted by Crippen LogP contribution is 2.36. The second-order valence-electron chi connectivity index (χ2n) is 3.32. The molecule has 1 unspecified atom stereocenters. The van der Waals surface area contributed by atoms with Crippen molar-refractivity contribution in [2.45, 2.75) is 24.5 Å². The lowest BCUT2D eigenvalue weighted by Crippen LogP contribution is -2.49. The molecule has 0 aromatic heterocycles. The Morgan fingerprint density at radius 1 is 1.18 bits per heavy atom. The van der Waals surface area contributed by atoms with Crippen LogP contribution in [-0.4, -0.2) is 62.3 Å². The van der Waals surface area contributed by atoms with E-state index < -0.39 is 31.1 Å². The highest BCUT2D eigenvalue weighted by Gasteiger charge is 2.56.